The molecule has 0 aliphatic carbocycles. The highest BCUT2D eigenvalue weighted by atomic mass is 79.9. The van der Waals surface area contributed by atoms with E-state index >= 15 is 0 Å². The summed E-state index contributed by atoms with van der Waals surface area (Å²) in [7, 11) is 1.64. The number of carboxylic acids is 1. The number of aromatic nitrogens is 2. The number of aromatic hydroxyl groups is 1. The average Bonchev–Trinajstić information content (AvgIpc) is 2.97. The number of pyridine rings is 2. The fraction of sp³-hybridized carbons (Fsp3) is 0.194. The second-order valence-electron chi connectivity index (χ2n) is 9.28. The molecular weight excluding hydrogens is 592 g/mol. The molecule has 10 heteroatoms. The van der Waals surface area contributed by atoms with Crippen LogP contribution in [0.4, 0.5) is 0 Å². The molecule has 0 unspecified atom stereocenters. The van der Waals surface area contributed by atoms with E-state index in [-0.39, 0.29) is 17.9 Å². The molecule has 0 amide bonds. The SMILES string of the molecule is COc1ccc(COc2c(CO)nc3ccc(C)cc3c2Br)cc1.Cc1ccc2nc(CO)c(O)c(C(=O)O)c2c1. The lowest BCUT2D eigenvalue weighted by atomic mass is 10.0. The first-order chi connectivity index (χ1) is 19.7. The number of methoxy groups -OCH3 is 1. The third-order valence-electron chi connectivity index (χ3n) is 6.35. The molecule has 212 valence electrons. The molecule has 5 rings (SSSR count). The molecule has 2 heterocycles. The van der Waals surface area contributed by atoms with Crippen molar-refractivity contribution in [2.24, 2.45) is 0 Å². The molecule has 4 N–H and O–H groups in total. The Morgan fingerprint density at radius 1 is 0.854 bits per heavy atom. The van der Waals surface area contributed by atoms with Crippen LogP contribution in [0, 0.1) is 13.8 Å². The van der Waals surface area contributed by atoms with Gasteiger partial charge in [-0.25, -0.2) is 14.8 Å². The van der Waals surface area contributed by atoms with Gasteiger partial charge >= 0.3 is 5.97 Å². The molecule has 0 saturated carbocycles. The van der Waals surface area contributed by atoms with Crippen LogP contribution in [-0.2, 0) is 19.8 Å². The Morgan fingerprint density at radius 2 is 1.41 bits per heavy atom. The minimum Gasteiger partial charge on any atom is -0.505 e. The summed E-state index contributed by atoms with van der Waals surface area (Å²) in [6.45, 7) is 3.55. The Kier molecular flexibility index (Phi) is 9.38. The van der Waals surface area contributed by atoms with E-state index in [0.717, 1.165) is 37.8 Å². The Morgan fingerprint density at radius 3 is 1.98 bits per heavy atom. The lowest BCUT2D eigenvalue weighted by Gasteiger charge is -2.14. The van der Waals surface area contributed by atoms with E-state index in [1.54, 1.807) is 25.3 Å². The quantitative estimate of drug-likeness (QED) is 0.177. The van der Waals surface area contributed by atoms with Gasteiger partial charge in [-0.2, -0.15) is 0 Å². The molecule has 0 saturated heterocycles. The van der Waals surface area contributed by atoms with Gasteiger partial charge in [0.2, 0.25) is 0 Å². The Balaban J connectivity index is 0.000000201. The predicted octanol–water partition coefficient (Wildman–Crippen LogP) is 5.82. The number of aryl methyl sites for hydroxylation is 2. The fourth-order valence-electron chi connectivity index (χ4n) is 4.24. The highest BCUT2D eigenvalue weighted by Crippen LogP contribution is 2.36. The first-order valence-electron chi connectivity index (χ1n) is 12.6. The monoisotopic (exact) mass is 620 g/mol. The van der Waals surface area contributed by atoms with Crippen molar-refractivity contribution in [2.75, 3.05) is 7.11 Å². The number of hydrogen-bond donors (Lipinski definition) is 4. The highest BCUT2D eigenvalue weighted by Gasteiger charge is 2.19. The minimum atomic E-state index is -1.24. The summed E-state index contributed by atoms with van der Waals surface area (Å²) in [6, 6.07) is 18.8. The van der Waals surface area contributed by atoms with Crippen LogP contribution in [0.25, 0.3) is 21.8 Å². The number of aliphatic hydroxyl groups excluding tert-OH is 2. The molecular formula is C31H29BrN2O7. The first kappa shape index (κ1) is 29.7. The lowest BCUT2D eigenvalue weighted by Crippen LogP contribution is -2.03. The molecule has 41 heavy (non-hydrogen) atoms. The van der Waals surface area contributed by atoms with Crippen molar-refractivity contribution in [1.29, 1.82) is 0 Å². The summed E-state index contributed by atoms with van der Waals surface area (Å²) in [5.41, 5.74) is 4.56. The van der Waals surface area contributed by atoms with E-state index in [1.165, 1.54) is 0 Å². The van der Waals surface area contributed by atoms with Crippen LogP contribution in [0.3, 0.4) is 0 Å². The van der Waals surface area contributed by atoms with Crippen LogP contribution >= 0.6 is 15.9 Å². The molecule has 9 nitrogen and oxygen atoms in total. The van der Waals surface area contributed by atoms with E-state index in [0.29, 0.717) is 29.0 Å². The molecule has 5 aromatic rings. The van der Waals surface area contributed by atoms with Crippen LogP contribution in [0.15, 0.2) is 65.1 Å². The van der Waals surface area contributed by atoms with Crippen molar-refractivity contribution in [2.45, 2.75) is 33.7 Å². The van der Waals surface area contributed by atoms with Gasteiger partial charge < -0.3 is 29.9 Å². The zero-order valence-corrected chi connectivity index (χ0v) is 24.3. The summed E-state index contributed by atoms with van der Waals surface area (Å²) >= 11 is 3.61. The van der Waals surface area contributed by atoms with Crippen molar-refractivity contribution in [3.8, 4) is 17.2 Å². The number of benzene rings is 3. The second kappa shape index (κ2) is 12.9. The van der Waals surface area contributed by atoms with E-state index < -0.39 is 18.3 Å². The van der Waals surface area contributed by atoms with E-state index in [9.17, 15) is 15.0 Å². The van der Waals surface area contributed by atoms with Gasteiger partial charge in [0.1, 0.15) is 29.3 Å². The van der Waals surface area contributed by atoms with Gasteiger partial charge in [0.05, 0.1) is 35.8 Å². The van der Waals surface area contributed by atoms with Gasteiger partial charge in [-0.15, -0.1) is 0 Å². The number of carbonyl (C=O) groups is 1. The number of ether oxygens (including phenoxy) is 2. The van der Waals surface area contributed by atoms with Gasteiger partial charge in [0.25, 0.3) is 0 Å². The zero-order valence-electron chi connectivity index (χ0n) is 22.7. The highest BCUT2D eigenvalue weighted by molar-refractivity contribution is 9.10. The van der Waals surface area contributed by atoms with Crippen molar-refractivity contribution < 1.29 is 34.7 Å². The standard InChI is InChI=1S/C19H18BrNO3.C12H11NO4/c1-12-3-8-16-15(9-12)18(20)19(17(10-22)21-16)24-11-13-4-6-14(23-2)7-5-13;1-6-2-3-8-7(4-6)10(12(16)17)11(15)9(5-14)13-8/h3-9,22H,10-11H2,1-2H3;2-4,14-15H,5H2,1H3,(H,16,17). The number of rotatable bonds is 7. The number of aromatic carboxylic acids is 1. The van der Waals surface area contributed by atoms with Gasteiger partial charge in [-0.1, -0.05) is 35.4 Å². The van der Waals surface area contributed by atoms with Crippen LogP contribution in [0.5, 0.6) is 17.2 Å². The maximum Gasteiger partial charge on any atom is 0.340 e. The Labute approximate surface area is 244 Å². The number of nitrogens with zero attached hydrogens (tertiary/aromatic N) is 2. The third-order valence-corrected chi connectivity index (χ3v) is 7.14. The van der Waals surface area contributed by atoms with Crippen LogP contribution in [0.1, 0.15) is 38.4 Å². The molecule has 0 atom stereocenters. The predicted molar refractivity (Wildman–Crippen MR) is 158 cm³/mol. The summed E-state index contributed by atoms with van der Waals surface area (Å²) in [5.74, 6) is -0.335. The van der Waals surface area contributed by atoms with Gasteiger partial charge in [-0.3, -0.25) is 0 Å². The largest absolute Gasteiger partial charge is 0.505 e. The fourth-order valence-corrected chi connectivity index (χ4v) is 4.90. The van der Waals surface area contributed by atoms with Crippen molar-refractivity contribution in [3.63, 3.8) is 0 Å². The van der Waals surface area contributed by atoms with Gasteiger partial charge in [0, 0.05) is 10.8 Å². The second-order valence-corrected chi connectivity index (χ2v) is 10.1. The average molecular weight is 621 g/mol. The Hall–Kier alpha value is -4.25. The molecule has 0 spiro atoms. The van der Waals surface area contributed by atoms with E-state index in [4.69, 9.17) is 19.7 Å². The molecule has 0 radical (unpaired) electrons. The lowest BCUT2D eigenvalue weighted by molar-refractivity contribution is 0.0695. The molecule has 0 aliphatic heterocycles. The Bertz CT molecular complexity index is 1720. The molecule has 0 bridgehead atoms. The van der Waals surface area contributed by atoms with Gasteiger partial charge in [-0.05, 0) is 71.7 Å². The first-order valence-corrected chi connectivity index (χ1v) is 13.4. The number of carboxylic acid groups (broad SMARTS) is 1. The normalized spacial score (nSPS) is 10.8. The van der Waals surface area contributed by atoms with Crippen molar-refractivity contribution in [3.05, 3.63) is 98.8 Å². The molecule has 2 aromatic heterocycles. The number of fused-ring (bicyclic) bond motifs is 2. The maximum absolute atomic E-state index is 11.1. The summed E-state index contributed by atoms with van der Waals surface area (Å²) in [4.78, 5) is 19.7. The van der Waals surface area contributed by atoms with Crippen LogP contribution in [0.2, 0.25) is 0 Å². The minimum absolute atomic E-state index is 0.0289. The summed E-state index contributed by atoms with van der Waals surface area (Å²) in [6.07, 6.45) is 0. The number of hydrogen-bond acceptors (Lipinski definition) is 8. The zero-order chi connectivity index (χ0) is 29.7. The third kappa shape index (κ3) is 6.57. The molecule has 3 aromatic carbocycles. The topological polar surface area (TPSA) is 142 Å². The number of halogens is 1. The van der Waals surface area contributed by atoms with E-state index in [2.05, 4.69) is 25.9 Å². The van der Waals surface area contributed by atoms with Crippen molar-refractivity contribution >= 4 is 43.7 Å². The molecule has 0 aliphatic rings. The number of aliphatic hydroxyl groups is 2. The summed E-state index contributed by atoms with van der Waals surface area (Å²) < 4.78 is 11.9. The maximum atomic E-state index is 11.1. The van der Waals surface area contributed by atoms with Crippen LogP contribution in [-0.4, -0.2) is 43.5 Å². The van der Waals surface area contributed by atoms with Gasteiger partial charge in [0.15, 0.2) is 11.5 Å². The summed E-state index contributed by atoms with van der Waals surface area (Å²) in [5, 5.41) is 38.9. The van der Waals surface area contributed by atoms with E-state index in [1.807, 2.05) is 56.3 Å². The van der Waals surface area contributed by atoms with Crippen LogP contribution < -0.4 is 9.47 Å². The smallest absolute Gasteiger partial charge is 0.340 e. The molecule has 0 fully saturated rings. The van der Waals surface area contributed by atoms with Crippen molar-refractivity contribution in [1.82, 2.24) is 9.97 Å².